The third-order valence-corrected chi connectivity index (χ3v) is 10.4. The summed E-state index contributed by atoms with van der Waals surface area (Å²) in [4.78, 5) is 16.8. The van der Waals surface area contributed by atoms with Crippen molar-refractivity contribution >= 4 is 21.6 Å². The number of carboxylic acid groups (broad SMARTS) is 1. The Labute approximate surface area is 270 Å². The maximum atomic E-state index is 13.9. The van der Waals surface area contributed by atoms with E-state index in [1.54, 1.807) is 25.1 Å². The topological polar surface area (TPSA) is 136 Å². The van der Waals surface area contributed by atoms with E-state index >= 15 is 0 Å². The van der Waals surface area contributed by atoms with E-state index in [1.807, 2.05) is 13.8 Å². The Hall–Kier alpha value is -4.08. The zero-order valence-electron chi connectivity index (χ0n) is 26.6. The van der Waals surface area contributed by atoms with Crippen LogP contribution in [0.3, 0.4) is 0 Å². The predicted octanol–water partition coefficient (Wildman–Crippen LogP) is 5.38. The highest BCUT2D eigenvalue weighted by Gasteiger charge is 2.42. The molecule has 0 spiro atoms. The van der Waals surface area contributed by atoms with E-state index in [2.05, 4.69) is 15.2 Å². The summed E-state index contributed by atoms with van der Waals surface area (Å²) in [7, 11) is -4.06. The lowest BCUT2D eigenvalue weighted by molar-refractivity contribution is -0.147. The first-order chi connectivity index (χ1) is 22.1. The molecule has 1 aliphatic heterocycles. The number of nitrogens with zero attached hydrogens (tertiary/aromatic N) is 5. The molecule has 0 amide bonds. The van der Waals surface area contributed by atoms with Crippen LogP contribution in [0, 0.1) is 19.3 Å². The van der Waals surface area contributed by atoms with Gasteiger partial charge in [0, 0.05) is 37.9 Å². The molecule has 0 aliphatic carbocycles. The average Bonchev–Trinajstić information content (AvgIpc) is 3.42. The highest BCUT2D eigenvalue weighted by Crippen LogP contribution is 2.44. The lowest BCUT2D eigenvalue weighted by Gasteiger charge is -2.33. The Balaban J connectivity index is 1.60. The van der Waals surface area contributed by atoms with Crippen molar-refractivity contribution in [3.8, 4) is 5.88 Å². The van der Waals surface area contributed by atoms with Crippen molar-refractivity contribution in [2.75, 3.05) is 19.8 Å². The summed E-state index contributed by atoms with van der Waals surface area (Å²) >= 11 is 0. The molecule has 3 aromatic heterocycles. The van der Waals surface area contributed by atoms with Crippen molar-refractivity contribution in [1.29, 1.82) is 0 Å². The van der Waals surface area contributed by atoms with Gasteiger partial charge in [0.05, 0.1) is 18.6 Å². The van der Waals surface area contributed by atoms with Crippen LogP contribution in [-0.2, 0) is 32.3 Å². The molecule has 0 bridgehead atoms. The number of carboxylic acids is 1. The number of aliphatic carboxylic acids is 1. The van der Waals surface area contributed by atoms with Crippen molar-refractivity contribution in [2.45, 2.75) is 70.7 Å². The minimum Gasteiger partial charge on any atom is -0.481 e. The fourth-order valence-electron chi connectivity index (χ4n) is 5.92. The number of ether oxygens (including phenoxy) is 2. The fourth-order valence-corrected chi connectivity index (χ4v) is 7.44. The number of rotatable bonds is 10. The first-order valence-corrected chi connectivity index (χ1v) is 16.4. The number of pyridine rings is 2. The molecule has 2 unspecified atom stereocenters. The number of halogens is 3. The Morgan fingerprint density at radius 3 is 2.60 bits per heavy atom. The highest BCUT2D eigenvalue weighted by molar-refractivity contribution is 7.89. The second kappa shape index (κ2) is 12.8. The Bertz CT molecular complexity index is 1910. The number of hydrogen-bond donors (Lipinski definition) is 1. The third kappa shape index (κ3) is 6.56. The van der Waals surface area contributed by atoms with Gasteiger partial charge in [0.15, 0.2) is 5.65 Å². The minimum absolute atomic E-state index is 0.0123. The Morgan fingerprint density at radius 1 is 1.17 bits per heavy atom. The van der Waals surface area contributed by atoms with E-state index in [9.17, 15) is 31.5 Å². The smallest absolute Gasteiger partial charge is 0.452 e. The molecule has 0 radical (unpaired) electrons. The van der Waals surface area contributed by atoms with Gasteiger partial charge in [-0.1, -0.05) is 18.2 Å². The van der Waals surface area contributed by atoms with Crippen LogP contribution >= 0.6 is 0 Å². The SMILES string of the molecule is CCOCCC1CN(Cc2cc(C(c3ccn4c(C(F)(F)F)nnc4c3C)C(C)(C)C(=O)O)ccc2C)S(=O)(=O)c2cccnc2O1. The summed E-state index contributed by atoms with van der Waals surface area (Å²) in [5.41, 5.74) is 1.22. The van der Waals surface area contributed by atoms with E-state index in [-0.39, 0.29) is 29.5 Å². The van der Waals surface area contributed by atoms with Crippen LogP contribution in [0.4, 0.5) is 13.2 Å². The Kier molecular flexibility index (Phi) is 9.36. The summed E-state index contributed by atoms with van der Waals surface area (Å²) in [6.45, 7) is 9.17. The zero-order valence-corrected chi connectivity index (χ0v) is 27.4. The van der Waals surface area contributed by atoms with Crippen LogP contribution in [0.2, 0.25) is 0 Å². The third-order valence-electron chi connectivity index (χ3n) is 8.59. The first kappa shape index (κ1) is 34.3. The second-order valence-corrected chi connectivity index (χ2v) is 14.0. The van der Waals surface area contributed by atoms with Crippen LogP contribution in [0.15, 0.2) is 53.7 Å². The van der Waals surface area contributed by atoms with Crippen molar-refractivity contribution in [2.24, 2.45) is 5.41 Å². The molecule has 15 heteroatoms. The summed E-state index contributed by atoms with van der Waals surface area (Å²) in [5, 5.41) is 17.5. The average molecular weight is 676 g/mol. The number of aromatic nitrogens is 4. The van der Waals surface area contributed by atoms with Crippen molar-refractivity contribution in [3.05, 3.63) is 82.4 Å². The maximum Gasteiger partial charge on any atom is 0.452 e. The molecular weight excluding hydrogens is 639 g/mol. The van der Waals surface area contributed by atoms with Gasteiger partial charge in [-0.2, -0.15) is 17.5 Å². The van der Waals surface area contributed by atoms with Crippen molar-refractivity contribution in [3.63, 3.8) is 0 Å². The van der Waals surface area contributed by atoms with E-state index in [4.69, 9.17) is 9.47 Å². The summed E-state index contributed by atoms with van der Waals surface area (Å²) in [5.74, 6) is -3.16. The van der Waals surface area contributed by atoms with Crippen LogP contribution in [0.25, 0.3) is 5.65 Å². The molecular formula is C32H36F3N5O6S. The van der Waals surface area contributed by atoms with Gasteiger partial charge in [-0.15, -0.1) is 10.2 Å². The van der Waals surface area contributed by atoms with Gasteiger partial charge in [-0.05, 0) is 80.6 Å². The molecule has 4 aromatic rings. The lowest BCUT2D eigenvalue weighted by Crippen LogP contribution is -2.37. The van der Waals surface area contributed by atoms with Gasteiger partial charge < -0.3 is 14.6 Å². The standard InChI is InChI=1S/C32H36F3N5O6S/c1-6-45-15-12-23-18-39(47(43,44)25-8-7-13-36-28(25)46-23)17-22-16-21(10-9-19(22)2)26(31(4,5)30(41)42)24-11-14-40-27(20(24)3)37-38-29(40)32(33,34)35/h7-11,13-14,16,23,26H,6,12,15,17-18H2,1-5H3,(H,41,42). The van der Waals surface area contributed by atoms with Gasteiger partial charge in [0.2, 0.25) is 21.7 Å². The van der Waals surface area contributed by atoms with Gasteiger partial charge in [-0.25, -0.2) is 13.4 Å². The molecule has 1 aromatic carbocycles. The van der Waals surface area contributed by atoms with Crippen molar-refractivity contribution < 1.29 is 41.0 Å². The Morgan fingerprint density at radius 2 is 1.91 bits per heavy atom. The molecule has 5 rings (SSSR count). The molecule has 0 fully saturated rings. The number of carbonyl (C=O) groups is 1. The fraction of sp³-hybridized carbons (Fsp3) is 0.438. The quantitative estimate of drug-likeness (QED) is 0.220. The number of alkyl halides is 3. The number of hydrogen-bond acceptors (Lipinski definition) is 8. The van der Waals surface area contributed by atoms with Crippen molar-refractivity contribution in [1.82, 2.24) is 23.9 Å². The van der Waals surface area contributed by atoms with E-state index in [0.717, 1.165) is 9.96 Å². The monoisotopic (exact) mass is 675 g/mol. The number of sulfonamides is 1. The molecule has 1 aliphatic rings. The summed E-state index contributed by atoms with van der Waals surface area (Å²) in [6.07, 6.45) is -2.21. The molecule has 0 saturated carbocycles. The van der Waals surface area contributed by atoms with Gasteiger partial charge in [-0.3, -0.25) is 9.20 Å². The number of fused-ring (bicyclic) bond motifs is 2. The molecule has 11 nitrogen and oxygen atoms in total. The maximum absolute atomic E-state index is 13.9. The van der Waals surface area contributed by atoms with Crippen LogP contribution in [0.5, 0.6) is 5.88 Å². The van der Waals surface area contributed by atoms with Gasteiger partial charge in [0.25, 0.3) is 0 Å². The van der Waals surface area contributed by atoms with E-state index in [0.29, 0.717) is 41.9 Å². The van der Waals surface area contributed by atoms with Crippen LogP contribution in [-0.4, -0.2) is 69.2 Å². The predicted molar refractivity (Wildman–Crippen MR) is 165 cm³/mol. The molecule has 4 heterocycles. The molecule has 47 heavy (non-hydrogen) atoms. The van der Waals surface area contributed by atoms with Crippen LogP contribution in [0.1, 0.15) is 66.8 Å². The lowest BCUT2D eigenvalue weighted by atomic mass is 9.70. The molecule has 2 atom stereocenters. The van der Waals surface area contributed by atoms with Crippen LogP contribution < -0.4 is 4.74 Å². The van der Waals surface area contributed by atoms with E-state index < -0.39 is 45.4 Å². The normalized spacial score (nSPS) is 17.6. The van der Waals surface area contributed by atoms with Gasteiger partial charge >= 0.3 is 12.1 Å². The minimum atomic E-state index is -4.74. The largest absolute Gasteiger partial charge is 0.481 e. The zero-order chi connectivity index (χ0) is 34.3. The summed E-state index contributed by atoms with van der Waals surface area (Å²) in [6, 6.07) is 9.73. The molecule has 0 saturated heterocycles. The number of aryl methyl sites for hydroxylation is 2. The number of benzene rings is 1. The first-order valence-electron chi connectivity index (χ1n) is 15.0. The molecule has 252 valence electrons. The highest BCUT2D eigenvalue weighted by atomic mass is 32.2. The van der Waals surface area contributed by atoms with E-state index in [1.165, 1.54) is 48.7 Å². The van der Waals surface area contributed by atoms with Gasteiger partial charge in [0.1, 0.15) is 11.0 Å². The molecule has 1 N–H and O–H groups in total. The summed E-state index contributed by atoms with van der Waals surface area (Å²) < 4.78 is 82.3. The second-order valence-electron chi connectivity index (χ2n) is 12.1.